The molecular formula is C18H20FN3O6S. The maximum atomic E-state index is 13.5. The third-order valence-corrected chi connectivity index (χ3v) is 6.22. The second kappa shape index (κ2) is 8.97. The van der Waals surface area contributed by atoms with Gasteiger partial charge < -0.3 is 10.1 Å². The van der Waals surface area contributed by atoms with E-state index in [9.17, 15) is 27.7 Å². The van der Waals surface area contributed by atoms with Gasteiger partial charge in [0.2, 0.25) is 15.8 Å². The van der Waals surface area contributed by atoms with E-state index in [1.54, 1.807) is 13.8 Å². The molecule has 156 valence electrons. The Labute approximate surface area is 167 Å². The van der Waals surface area contributed by atoms with Gasteiger partial charge in [-0.1, -0.05) is 13.8 Å². The summed E-state index contributed by atoms with van der Waals surface area (Å²) in [6.07, 6.45) is 0. The maximum Gasteiger partial charge on any atom is 0.306 e. The SMILES string of the molecule is CCN(CC)S(=O)(=O)c1cc(C(=O)Nc2ccc(F)c([N+](=O)[O-])c2)ccc1OC. The number of carbonyl (C=O) groups is 1. The summed E-state index contributed by atoms with van der Waals surface area (Å²) in [6.45, 7) is 3.84. The van der Waals surface area contributed by atoms with E-state index in [1.807, 2.05) is 0 Å². The number of amides is 1. The fraction of sp³-hybridized carbons (Fsp3) is 0.278. The van der Waals surface area contributed by atoms with Crippen LogP contribution in [0.3, 0.4) is 0 Å². The molecule has 0 unspecified atom stereocenters. The number of hydrogen-bond donors (Lipinski definition) is 1. The van der Waals surface area contributed by atoms with Crippen molar-refractivity contribution >= 4 is 27.3 Å². The van der Waals surface area contributed by atoms with Crippen LogP contribution >= 0.6 is 0 Å². The highest BCUT2D eigenvalue weighted by atomic mass is 32.2. The summed E-state index contributed by atoms with van der Waals surface area (Å²) in [5, 5.41) is 13.2. The molecule has 2 aromatic carbocycles. The minimum atomic E-state index is -3.91. The Morgan fingerprint density at radius 2 is 1.86 bits per heavy atom. The smallest absolute Gasteiger partial charge is 0.306 e. The number of methoxy groups -OCH3 is 1. The zero-order valence-electron chi connectivity index (χ0n) is 16.0. The first kappa shape index (κ1) is 22.2. The molecule has 0 aliphatic carbocycles. The van der Waals surface area contributed by atoms with Crippen LogP contribution in [0.15, 0.2) is 41.3 Å². The van der Waals surface area contributed by atoms with Gasteiger partial charge in [0.15, 0.2) is 0 Å². The molecule has 2 rings (SSSR count). The Balaban J connectivity index is 2.42. The number of nitro groups is 1. The quantitative estimate of drug-likeness (QED) is 0.513. The minimum Gasteiger partial charge on any atom is -0.495 e. The second-order valence-corrected chi connectivity index (χ2v) is 7.74. The number of nitrogens with one attached hydrogen (secondary N) is 1. The van der Waals surface area contributed by atoms with Gasteiger partial charge in [0, 0.05) is 30.4 Å². The summed E-state index contributed by atoms with van der Waals surface area (Å²) in [5.41, 5.74) is -0.807. The van der Waals surface area contributed by atoms with E-state index < -0.39 is 32.4 Å². The van der Waals surface area contributed by atoms with E-state index in [1.165, 1.54) is 29.6 Å². The molecule has 0 bridgehead atoms. The van der Waals surface area contributed by atoms with E-state index in [4.69, 9.17) is 4.74 Å². The predicted molar refractivity (Wildman–Crippen MR) is 104 cm³/mol. The summed E-state index contributed by atoms with van der Waals surface area (Å²) < 4.78 is 45.5. The van der Waals surface area contributed by atoms with Crippen molar-refractivity contribution in [2.45, 2.75) is 18.7 Å². The van der Waals surface area contributed by atoms with Gasteiger partial charge in [-0.2, -0.15) is 8.70 Å². The van der Waals surface area contributed by atoms with E-state index >= 15 is 0 Å². The van der Waals surface area contributed by atoms with Crippen molar-refractivity contribution < 1.29 is 27.3 Å². The first-order valence-corrected chi connectivity index (χ1v) is 10.0. The van der Waals surface area contributed by atoms with Gasteiger partial charge in [-0.15, -0.1) is 0 Å². The van der Waals surface area contributed by atoms with Crippen molar-refractivity contribution in [1.29, 1.82) is 0 Å². The Bertz CT molecular complexity index is 1040. The van der Waals surface area contributed by atoms with Crippen LogP contribution in [0.1, 0.15) is 24.2 Å². The number of nitro benzene ring substituents is 1. The highest BCUT2D eigenvalue weighted by Crippen LogP contribution is 2.28. The number of nitrogens with zero attached hydrogens (tertiary/aromatic N) is 2. The molecule has 9 nitrogen and oxygen atoms in total. The number of hydrogen-bond acceptors (Lipinski definition) is 6. The maximum absolute atomic E-state index is 13.5. The van der Waals surface area contributed by atoms with Crippen LogP contribution in [0.5, 0.6) is 5.75 Å². The molecule has 0 heterocycles. The molecular weight excluding hydrogens is 405 g/mol. The predicted octanol–water partition coefficient (Wildman–Crippen LogP) is 3.03. The van der Waals surface area contributed by atoms with E-state index in [2.05, 4.69) is 5.32 Å². The lowest BCUT2D eigenvalue weighted by Crippen LogP contribution is -2.31. The molecule has 0 aromatic heterocycles. The van der Waals surface area contributed by atoms with Crippen molar-refractivity contribution in [3.05, 3.63) is 57.9 Å². The Hall–Kier alpha value is -3.05. The molecule has 0 atom stereocenters. The van der Waals surface area contributed by atoms with Crippen molar-refractivity contribution in [3.63, 3.8) is 0 Å². The largest absolute Gasteiger partial charge is 0.495 e. The molecule has 29 heavy (non-hydrogen) atoms. The molecule has 1 N–H and O–H groups in total. The molecule has 0 aliphatic heterocycles. The third-order valence-electron chi connectivity index (χ3n) is 4.15. The number of anilines is 1. The summed E-state index contributed by atoms with van der Waals surface area (Å²) >= 11 is 0. The molecule has 0 spiro atoms. The number of sulfonamides is 1. The highest BCUT2D eigenvalue weighted by Gasteiger charge is 2.27. The molecule has 11 heteroatoms. The second-order valence-electron chi connectivity index (χ2n) is 5.83. The van der Waals surface area contributed by atoms with Gasteiger partial charge in [-0.05, 0) is 30.3 Å². The monoisotopic (exact) mass is 425 g/mol. The Morgan fingerprint density at radius 1 is 1.21 bits per heavy atom. The summed E-state index contributed by atoms with van der Waals surface area (Å²) in [6, 6.07) is 6.77. The molecule has 2 aromatic rings. The minimum absolute atomic E-state index is 0.00734. The van der Waals surface area contributed by atoms with Crippen LogP contribution in [0.25, 0.3) is 0 Å². The average Bonchev–Trinajstić information content (AvgIpc) is 2.69. The Kier molecular flexibility index (Phi) is 6.88. The van der Waals surface area contributed by atoms with Crippen LogP contribution in [-0.4, -0.2) is 43.8 Å². The van der Waals surface area contributed by atoms with E-state index in [-0.39, 0.29) is 35.0 Å². The number of rotatable bonds is 8. The third kappa shape index (κ3) is 4.69. The van der Waals surface area contributed by atoms with E-state index in [0.717, 1.165) is 18.2 Å². The molecule has 0 fully saturated rings. The molecule has 0 aliphatic rings. The van der Waals surface area contributed by atoms with Gasteiger partial charge >= 0.3 is 5.69 Å². The van der Waals surface area contributed by atoms with Crippen molar-refractivity contribution in [2.24, 2.45) is 0 Å². The lowest BCUT2D eigenvalue weighted by molar-refractivity contribution is -0.387. The number of carbonyl (C=O) groups excluding carboxylic acids is 1. The standard InChI is InChI=1S/C18H20FN3O6S/c1-4-21(5-2)29(26,27)17-10-12(6-9-16(17)28-3)18(23)20-13-7-8-14(19)15(11-13)22(24)25/h6-11H,4-5H2,1-3H3,(H,20,23). The van der Waals surface area contributed by atoms with E-state index in [0.29, 0.717) is 0 Å². The zero-order valence-corrected chi connectivity index (χ0v) is 16.8. The summed E-state index contributed by atoms with van der Waals surface area (Å²) in [7, 11) is -2.59. The summed E-state index contributed by atoms with van der Waals surface area (Å²) in [4.78, 5) is 22.3. The number of halogens is 1. The average molecular weight is 425 g/mol. The first-order valence-electron chi connectivity index (χ1n) is 8.59. The molecule has 0 saturated carbocycles. The fourth-order valence-electron chi connectivity index (χ4n) is 2.66. The first-order chi connectivity index (χ1) is 13.6. The van der Waals surface area contributed by atoms with Gasteiger partial charge in [0.25, 0.3) is 5.91 Å². The van der Waals surface area contributed by atoms with Gasteiger partial charge in [-0.25, -0.2) is 8.42 Å². The Morgan fingerprint density at radius 3 is 2.41 bits per heavy atom. The lowest BCUT2D eigenvalue weighted by atomic mass is 10.2. The topological polar surface area (TPSA) is 119 Å². The lowest BCUT2D eigenvalue weighted by Gasteiger charge is -2.20. The molecule has 1 amide bonds. The normalized spacial score (nSPS) is 11.3. The van der Waals surface area contributed by atoms with Gasteiger partial charge in [0.05, 0.1) is 12.0 Å². The van der Waals surface area contributed by atoms with Crippen LogP contribution in [0, 0.1) is 15.9 Å². The van der Waals surface area contributed by atoms with Gasteiger partial charge in [-0.3, -0.25) is 14.9 Å². The van der Waals surface area contributed by atoms with Crippen LogP contribution < -0.4 is 10.1 Å². The van der Waals surface area contributed by atoms with Crippen LogP contribution in [0.2, 0.25) is 0 Å². The summed E-state index contributed by atoms with van der Waals surface area (Å²) in [5.74, 6) is -1.68. The van der Waals surface area contributed by atoms with Crippen molar-refractivity contribution in [1.82, 2.24) is 4.31 Å². The number of ether oxygens (including phenoxy) is 1. The molecule has 0 radical (unpaired) electrons. The number of benzene rings is 2. The van der Waals surface area contributed by atoms with Gasteiger partial charge in [0.1, 0.15) is 10.6 Å². The van der Waals surface area contributed by atoms with Crippen molar-refractivity contribution in [2.75, 3.05) is 25.5 Å². The van der Waals surface area contributed by atoms with Crippen molar-refractivity contribution in [3.8, 4) is 5.75 Å². The van der Waals surface area contributed by atoms with Crippen LogP contribution in [-0.2, 0) is 10.0 Å². The van der Waals surface area contributed by atoms with Crippen LogP contribution in [0.4, 0.5) is 15.8 Å². The fourth-order valence-corrected chi connectivity index (χ4v) is 4.30. The molecule has 0 saturated heterocycles. The highest BCUT2D eigenvalue weighted by molar-refractivity contribution is 7.89. The zero-order chi connectivity index (χ0) is 21.8.